The Morgan fingerprint density at radius 3 is 1.89 bits per heavy atom. The summed E-state index contributed by atoms with van der Waals surface area (Å²) in [5.74, 6) is 1.09. The highest BCUT2D eigenvalue weighted by atomic mass is 28.4. The molecule has 112 valence electrons. The maximum atomic E-state index is 11.4. The summed E-state index contributed by atoms with van der Waals surface area (Å²) in [7, 11) is -2.98. The molecule has 0 heterocycles. The largest absolute Gasteiger partial charge is 0.546 e. The fraction of sp³-hybridized carbons (Fsp3) is 0.800. The van der Waals surface area contributed by atoms with Gasteiger partial charge >= 0.3 is 0 Å². The van der Waals surface area contributed by atoms with Crippen molar-refractivity contribution < 1.29 is 9.22 Å². The van der Waals surface area contributed by atoms with E-state index in [1.54, 1.807) is 6.92 Å². The van der Waals surface area contributed by atoms with Gasteiger partial charge in [-0.1, -0.05) is 46.5 Å². The Bertz CT molecular complexity index is 344. The topological polar surface area (TPSA) is 26.3 Å². The van der Waals surface area contributed by atoms with Crippen molar-refractivity contribution in [2.75, 3.05) is 0 Å². The minimum absolute atomic E-state index is 0.169. The van der Waals surface area contributed by atoms with Gasteiger partial charge in [-0.25, -0.2) is 0 Å². The zero-order valence-electron chi connectivity index (χ0n) is 14.3. The van der Waals surface area contributed by atoms with Crippen LogP contribution in [0.5, 0.6) is 0 Å². The van der Waals surface area contributed by atoms with E-state index in [2.05, 4.69) is 59.6 Å². The second-order valence-corrected chi connectivity index (χ2v) is 18.4. The van der Waals surface area contributed by atoms with E-state index in [-0.39, 0.29) is 10.8 Å². The molecule has 0 aromatic heterocycles. The first-order chi connectivity index (χ1) is 8.24. The number of hydrogen-bond donors (Lipinski definition) is 0. The summed E-state index contributed by atoms with van der Waals surface area (Å²) >= 11 is 0. The Labute approximate surface area is 121 Å². The average Bonchev–Trinajstić information content (AvgIpc) is 2.09. The molecule has 0 spiro atoms. The maximum absolute atomic E-state index is 11.4. The number of Topliss-reactive ketones (excluding diaryl/α,β-unsaturated/α-hetero) is 1. The van der Waals surface area contributed by atoms with Gasteiger partial charge in [0.15, 0.2) is 0 Å². The molecule has 0 radical (unpaired) electrons. The van der Waals surface area contributed by atoms with Crippen molar-refractivity contribution >= 4 is 22.2 Å². The minimum atomic E-state index is -1.84. The Hall–Kier alpha value is -0.356. The molecule has 0 atom stereocenters. The van der Waals surface area contributed by atoms with Crippen LogP contribution in [-0.4, -0.2) is 22.2 Å². The van der Waals surface area contributed by atoms with Crippen LogP contribution >= 0.6 is 0 Å². The zero-order valence-corrected chi connectivity index (χ0v) is 16.3. The van der Waals surface area contributed by atoms with Crippen molar-refractivity contribution in [2.24, 2.45) is 0 Å². The molecule has 0 aromatic carbocycles. The number of carbonyl (C=O) groups is 1. The van der Waals surface area contributed by atoms with Gasteiger partial charge in [0.2, 0.25) is 8.32 Å². The van der Waals surface area contributed by atoms with Gasteiger partial charge in [0, 0.05) is 8.07 Å². The van der Waals surface area contributed by atoms with Crippen LogP contribution < -0.4 is 0 Å². The van der Waals surface area contributed by atoms with Crippen LogP contribution in [0.15, 0.2) is 11.8 Å². The molecule has 0 saturated heterocycles. The van der Waals surface area contributed by atoms with E-state index >= 15 is 0 Å². The van der Waals surface area contributed by atoms with E-state index in [0.29, 0.717) is 6.42 Å². The van der Waals surface area contributed by atoms with Crippen molar-refractivity contribution in [1.29, 1.82) is 0 Å². The number of allylic oxidation sites excluding steroid dienone is 2. The van der Waals surface area contributed by atoms with Gasteiger partial charge in [-0.05, 0) is 31.1 Å². The summed E-state index contributed by atoms with van der Waals surface area (Å²) in [5, 5.41) is 0.169. The summed E-state index contributed by atoms with van der Waals surface area (Å²) in [5.41, 5.74) is 0. The van der Waals surface area contributed by atoms with E-state index in [9.17, 15) is 4.79 Å². The van der Waals surface area contributed by atoms with Crippen molar-refractivity contribution in [2.45, 2.75) is 77.9 Å². The number of hydrogen-bond acceptors (Lipinski definition) is 2. The van der Waals surface area contributed by atoms with E-state index in [0.717, 1.165) is 11.8 Å². The molecule has 19 heavy (non-hydrogen) atoms. The smallest absolute Gasteiger partial charge is 0.250 e. The number of ketones is 1. The monoisotopic (exact) mass is 300 g/mol. The summed E-state index contributed by atoms with van der Waals surface area (Å²) in [6.45, 7) is 19.8. The van der Waals surface area contributed by atoms with Crippen LogP contribution in [0.4, 0.5) is 0 Å². The first kappa shape index (κ1) is 18.6. The molecule has 0 saturated carbocycles. The standard InChI is InChI=1S/C15H32O2Si2/c1-13(16)12-14(10-11-18(5,6)7)17-19(8,9)15(2,3)4/h10H,11-12H2,1-9H3/b14-10+. The molecule has 0 aliphatic heterocycles. The number of rotatable bonds is 6. The molecule has 0 unspecified atom stereocenters. The predicted octanol–water partition coefficient (Wildman–Crippen LogP) is 5.21. The molecule has 0 fully saturated rings. The molecule has 2 nitrogen and oxygen atoms in total. The highest BCUT2D eigenvalue weighted by Gasteiger charge is 2.39. The van der Waals surface area contributed by atoms with Crippen LogP contribution in [0.25, 0.3) is 0 Å². The molecule has 0 bridgehead atoms. The van der Waals surface area contributed by atoms with Gasteiger partial charge in [0.25, 0.3) is 0 Å². The van der Waals surface area contributed by atoms with Crippen LogP contribution in [0.3, 0.4) is 0 Å². The van der Waals surface area contributed by atoms with Crippen molar-refractivity contribution in [3.05, 3.63) is 11.8 Å². The van der Waals surface area contributed by atoms with Crippen LogP contribution in [0.2, 0.25) is 43.8 Å². The summed E-state index contributed by atoms with van der Waals surface area (Å²) < 4.78 is 6.31. The predicted molar refractivity (Wildman–Crippen MR) is 89.8 cm³/mol. The molecule has 4 heteroatoms. The van der Waals surface area contributed by atoms with Gasteiger partial charge in [0.05, 0.1) is 12.2 Å². The van der Waals surface area contributed by atoms with Gasteiger partial charge < -0.3 is 4.43 Å². The maximum Gasteiger partial charge on any atom is 0.250 e. The third-order valence-electron chi connectivity index (χ3n) is 3.56. The number of carbonyl (C=O) groups excluding carboxylic acids is 1. The van der Waals surface area contributed by atoms with Crippen LogP contribution in [0, 0.1) is 0 Å². The normalized spacial score (nSPS) is 14.5. The SMILES string of the molecule is CC(=O)C/C(=C\C[Si](C)(C)C)O[Si](C)(C)C(C)(C)C. The average molecular weight is 301 g/mol. The summed E-state index contributed by atoms with van der Waals surface area (Å²) in [6, 6.07) is 1.07. The Morgan fingerprint density at radius 2 is 1.58 bits per heavy atom. The molecule has 0 N–H and O–H groups in total. The second-order valence-electron chi connectivity index (χ2n) is 8.18. The third-order valence-corrected chi connectivity index (χ3v) is 9.37. The highest BCUT2D eigenvalue weighted by Crippen LogP contribution is 2.38. The first-order valence-corrected chi connectivity index (χ1v) is 13.7. The van der Waals surface area contributed by atoms with Gasteiger partial charge in [-0.15, -0.1) is 0 Å². The molecular weight excluding hydrogens is 268 g/mol. The molecule has 0 aromatic rings. The fourth-order valence-electron chi connectivity index (χ4n) is 1.30. The Kier molecular flexibility index (Phi) is 6.28. The lowest BCUT2D eigenvalue weighted by Crippen LogP contribution is -2.40. The third kappa shape index (κ3) is 7.72. The Morgan fingerprint density at radius 1 is 1.11 bits per heavy atom. The van der Waals surface area contributed by atoms with Crippen molar-refractivity contribution in [1.82, 2.24) is 0 Å². The van der Waals surface area contributed by atoms with E-state index < -0.39 is 16.4 Å². The van der Waals surface area contributed by atoms with Gasteiger partial charge in [-0.2, -0.15) is 0 Å². The van der Waals surface area contributed by atoms with Crippen molar-refractivity contribution in [3.63, 3.8) is 0 Å². The first-order valence-electron chi connectivity index (χ1n) is 7.12. The van der Waals surface area contributed by atoms with Crippen molar-refractivity contribution in [3.8, 4) is 0 Å². The van der Waals surface area contributed by atoms with Crippen LogP contribution in [0.1, 0.15) is 34.1 Å². The van der Waals surface area contributed by atoms with E-state index in [4.69, 9.17) is 4.43 Å². The minimum Gasteiger partial charge on any atom is -0.546 e. The van der Waals surface area contributed by atoms with Gasteiger partial charge in [-0.3, -0.25) is 4.79 Å². The lowest BCUT2D eigenvalue weighted by atomic mass is 10.2. The summed E-state index contributed by atoms with van der Waals surface area (Å²) in [4.78, 5) is 11.4. The molecule has 0 rings (SSSR count). The van der Waals surface area contributed by atoms with E-state index in [1.807, 2.05) is 0 Å². The molecular formula is C15H32O2Si2. The quantitative estimate of drug-likeness (QED) is 0.497. The second kappa shape index (κ2) is 6.40. The Balaban J connectivity index is 5.03. The molecule has 0 aliphatic carbocycles. The zero-order chi connectivity index (χ0) is 15.5. The highest BCUT2D eigenvalue weighted by molar-refractivity contribution is 6.76. The molecule has 0 aliphatic rings. The summed E-state index contributed by atoms with van der Waals surface area (Å²) in [6.07, 6.45) is 2.62. The van der Waals surface area contributed by atoms with Crippen LogP contribution in [-0.2, 0) is 9.22 Å². The van der Waals surface area contributed by atoms with E-state index in [1.165, 1.54) is 0 Å². The lowest BCUT2D eigenvalue weighted by molar-refractivity contribution is -0.116. The lowest BCUT2D eigenvalue weighted by Gasteiger charge is -2.37. The van der Waals surface area contributed by atoms with Gasteiger partial charge in [0.1, 0.15) is 5.78 Å². The fourth-order valence-corrected chi connectivity index (χ4v) is 3.25. The molecule has 0 amide bonds.